The molecule has 1 fully saturated rings. The minimum atomic E-state index is -0.561. The van der Waals surface area contributed by atoms with E-state index in [0.29, 0.717) is 5.95 Å². The summed E-state index contributed by atoms with van der Waals surface area (Å²) in [5.41, 5.74) is 3.48. The number of nitrogens with zero attached hydrogens (tertiary/aromatic N) is 5. The Morgan fingerprint density at radius 3 is 2.92 bits per heavy atom. The van der Waals surface area contributed by atoms with E-state index in [0.717, 1.165) is 35.1 Å². The van der Waals surface area contributed by atoms with E-state index in [9.17, 15) is 5.11 Å². The van der Waals surface area contributed by atoms with E-state index in [1.54, 1.807) is 6.20 Å². The molecular weight excluding hydrogens is 316 g/mol. The molecule has 0 aliphatic heterocycles. The zero-order chi connectivity index (χ0) is 17.0. The predicted octanol–water partition coefficient (Wildman–Crippen LogP) is 2.37. The molecule has 1 aliphatic rings. The number of nitrogens with one attached hydrogen (secondary N) is 1. The number of pyridine rings is 1. The van der Waals surface area contributed by atoms with Gasteiger partial charge in [0.1, 0.15) is 5.65 Å². The minimum Gasteiger partial charge on any atom is -0.390 e. The summed E-state index contributed by atoms with van der Waals surface area (Å²) in [6.45, 7) is 1.85. The quantitative estimate of drug-likeness (QED) is 0.601. The summed E-state index contributed by atoms with van der Waals surface area (Å²) >= 11 is 0. The van der Waals surface area contributed by atoms with Gasteiger partial charge >= 0.3 is 0 Å². The van der Waals surface area contributed by atoms with Gasteiger partial charge < -0.3 is 14.8 Å². The zero-order valence-electron chi connectivity index (χ0n) is 13.8. The van der Waals surface area contributed by atoms with E-state index in [4.69, 9.17) is 0 Å². The highest BCUT2D eigenvalue weighted by atomic mass is 16.3. The van der Waals surface area contributed by atoms with Gasteiger partial charge in [-0.1, -0.05) is 0 Å². The van der Waals surface area contributed by atoms with Gasteiger partial charge in [0, 0.05) is 42.0 Å². The lowest BCUT2D eigenvalue weighted by atomic mass is 9.77. The number of rotatable bonds is 3. The van der Waals surface area contributed by atoms with Gasteiger partial charge in [-0.2, -0.15) is 0 Å². The number of hydrogen-bond acceptors (Lipinski definition) is 5. The largest absolute Gasteiger partial charge is 0.390 e. The lowest BCUT2D eigenvalue weighted by molar-refractivity contribution is -0.0236. The second kappa shape index (κ2) is 5.03. The zero-order valence-corrected chi connectivity index (χ0v) is 13.8. The summed E-state index contributed by atoms with van der Waals surface area (Å²) in [7, 11) is 0. The Labute approximate surface area is 144 Å². The first-order chi connectivity index (χ1) is 12.1. The average molecular weight is 334 g/mol. The fourth-order valence-electron chi connectivity index (χ4n) is 3.58. The molecule has 5 rings (SSSR count). The third-order valence-corrected chi connectivity index (χ3v) is 4.82. The van der Waals surface area contributed by atoms with Crippen LogP contribution in [0.25, 0.3) is 22.3 Å². The molecule has 0 saturated heterocycles. The topological polar surface area (TPSA) is 79.8 Å². The van der Waals surface area contributed by atoms with Crippen LogP contribution in [0.5, 0.6) is 0 Å². The molecule has 2 N–H and O–H groups in total. The third kappa shape index (κ3) is 2.44. The number of hydrogen-bond donors (Lipinski definition) is 2. The summed E-state index contributed by atoms with van der Waals surface area (Å²) in [5, 5.41) is 17.6. The molecule has 0 bridgehead atoms. The molecule has 7 nitrogen and oxygen atoms in total. The van der Waals surface area contributed by atoms with Crippen molar-refractivity contribution in [3.05, 3.63) is 49.2 Å². The summed E-state index contributed by atoms with van der Waals surface area (Å²) in [5.74, 6) is 0.584. The number of aliphatic hydroxyl groups is 1. The first kappa shape index (κ1) is 14.4. The van der Waals surface area contributed by atoms with Crippen molar-refractivity contribution in [2.45, 2.75) is 31.4 Å². The maximum Gasteiger partial charge on any atom is 0.241 e. The second-order valence-electron chi connectivity index (χ2n) is 7.00. The number of fused-ring (bicyclic) bond motifs is 2. The van der Waals surface area contributed by atoms with Gasteiger partial charge in [0.05, 0.1) is 17.3 Å². The van der Waals surface area contributed by atoms with Crippen molar-refractivity contribution in [2.75, 3.05) is 5.32 Å². The van der Waals surface area contributed by atoms with Gasteiger partial charge in [0.2, 0.25) is 5.95 Å². The van der Waals surface area contributed by atoms with Crippen LogP contribution in [0.2, 0.25) is 0 Å². The first-order valence-corrected chi connectivity index (χ1v) is 8.34. The average Bonchev–Trinajstić information content (AvgIpc) is 3.18. The maximum atomic E-state index is 9.83. The lowest BCUT2D eigenvalue weighted by Crippen LogP contribution is -2.48. The fourth-order valence-corrected chi connectivity index (χ4v) is 3.58. The molecule has 0 spiro atoms. The van der Waals surface area contributed by atoms with Crippen molar-refractivity contribution < 1.29 is 5.11 Å². The van der Waals surface area contributed by atoms with Gasteiger partial charge in [-0.25, -0.2) is 14.5 Å². The lowest BCUT2D eigenvalue weighted by Gasteiger charge is -2.41. The fraction of sp³-hybridized carbons (Fsp3) is 0.278. The molecule has 1 aliphatic carbocycles. The van der Waals surface area contributed by atoms with E-state index in [1.807, 2.05) is 46.6 Å². The summed E-state index contributed by atoms with van der Waals surface area (Å²) in [6, 6.07) is 6.32. The molecule has 0 amide bonds. The first-order valence-electron chi connectivity index (χ1n) is 8.34. The standard InChI is InChI=1S/C18H18N6O/c1-18(25)8-13(9-18)21-17-20-10-15-14(4-6-24(15)22-17)12-2-3-16-19-5-7-23(16)11-12/h2-7,10-11,13,25H,8-9H2,1H3,(H,21,22)/t13-,18+. The van der Waals surface area contributed by atoms with Crippen molar-refractivity contribution >= 4 is 17.1 Å². The van der Waals surface area contributed by atoms with Gasteiger partial charge in [0.25, 0.3) is 0 Å². The maximum absolute atomic E-state index is 9.83. The Morgan fingerprint density at radius 1 is 1.20 bits per heavy atom. The highest BCUT2D eigenvalue weighted by Crippen LogP contribution is 2.33. The summed E-state index contributed by atoms with van der Waals surface area (Å²) < 4.78 is 3.83. The van der Waals surface area contributed by atoms with Crippen LogP contribution in [0.3, 0.4) is 0 Å². The van der Waals surface area contributed by atoms with Crippen LogP contribution in [0, 0.1) is 0 Å². The van der Waals surface area contributed by atoms with Crippen molar-refractivity contribution in [1.29, 1.82) is 0 Å². The van der Waals surface area contributed by atoms with E-state index in [-0.39, 0.29) is 6.04 Å². The molecule has 4 heterocycles. The molecule has 0 unspecified atom stereocenters. The van der Waals surface area contributed by atoms with Crippen molar-refractivity contribution in [2.24, 2.45) is 0 Å². The van der Waals surface area contributed by atoms with Gasteiger partial charge in [-0.05, 0) is 38.0 Å². The molecule has 0 aromatic carbocycles. The summed E-state index contributed by atoms with van der Waals surface area (Å²) in [6.07, 6.45) is 11.0. The van der Waals surface area contributed by atoms with Crippen LogP contribution in [0.4, 0.5) is 5.95 Å². The number of anilines is 1. The van der Waals surface area contributed by atoms with Crippen LogP contribution in [0.15, 0.2) is 49.2 Å². The van der Waals surface area contributed by atoms with E-state index in [2.05, 4.69) is 32.6 Å². The molecule has 0 radical (unpaired) electrons. The Kier molecular flexibility index (Phi) is 2.90. The Balaban J connectivity index is 1.46. The second-order valence-corrected chi connectivity index (χ2v) is 7.00. The van der Waals surface area contributed by atoms with Crippen molar-refractivity contribution in [1.82, 2.24) is 24.0 Å². The van der Waals surface area contributed by atoms with Crippen LogP contribution in [0.1, 0.15) is 19.8 Å². The van der Waals surface area contributed by atoms with Gasteiger partial charge in [-0.15, -0.1) is 5.10 Å². The van der Waals surface area contributed by atoms with Crippen LogP contribution in [-0.4, -0.2) is 40.7 Å². The molecule has 25 heavy (non-hydrogen) atoms. The van der Waals surface area contributed by atoms with E-state index in [1.165, 1.54) is 0 Å². The van der Waals surface area contributed by atoms with E-state index >= 15 is 0 Å². The minimum absolute atomic E-state index is 0.228. The predicted molar refractivity (Wildman–Crippen MR) is 94.4 cm³/mol. The Bertz CT molecular complexity index is 1070. The van der Waals surface area contributed by atoms with Gasteiger partial charge in [-0.3, -0.25) is 0 Å². The third-order valence-electron chi connectivity index (χ3n) is 4.82. The van der Waals surface area contributed by atoms with Crippen molar-refractivity contribution in [3.8, 4) is 11.1 Å². The molecule has 126 valence electrons. The van der Waals surface area contributed by atoms with Crippen molar-refractivity contribution in [3.63, 3.8) is 0 Å². The molecule has 7 heteroatoms. The highest BCUT2D eigenvalue weighted by molar-refractivity contribution is 5.80. The van der Waals surface area contributed by atoms with Crippen LogP contribution < -0.4 is 5.32 Å². The highest BCUT2D eigenvalue weighted by Gasteiger charge is 2.38. The van der Waals surface area contributed by atoms with Crippen LogP contribution >= 0.6 is 0 Å². The van der Waals surface area contributed by atoms with Crippen LogP contribution in [-0.2, 0) is 0 Å². The van der Waals surface area contributed by atoms with Gasteiger partial charge in [0.15, 0.2) is 0 Å². The SMILES string of the molecule is C[C@]1(O)C[C@@H](Nc2ncc3c(-c4ccc5nccn5c4)ccn3n2)C1. The number of aromatic nitrogens is 5. The molecule has 0 atom stereocenters. The number of imidazole rings is 1. The molecule has 4 aromatic heterocycles. The summed E-state index contributed by atoms with van der Waals surface area (Å²) in [4.78, 5) is 8.72. The smallest absolute Gasteiger partial charge is 0.241 e. The molecule has 1 saturated carbocycles. The van der Waals surface area contributed by atoms with E-state index < -0.39 is 5.60 Å². The normalized spacial score (nSPS) is 23.0. The molecule has 4 aromatic rings. The Hall–Kier alpha value is -2.93. The monoisotopic (exact) mass is 334 g/mol. The molecular formula is C18H18N6O. The Morgan fingerprint density at radius 2 is 2.08 bits per heavy atom.